The first kappa shape index (κ1) is 17.6. The lowest BCUT2D eigenvalue weighted by Crippen LogP contribution is -2.19. The number of benzene rings is 2. The predicted molar refractivity (Wildman–Crippen MR) is 103 cm³/mol. The molecule has 0 fully saturated rings. The van der Waals surface area contributed by atoms with E-state index in [0.29, 0.717) is 16.9 Å². The average molecular weight is 468 g/mol. The van der Waals surface area contributed by atoms with Gasteiger partial charge in [0, 0.05) is 28.5 Å². The van der Waals surface area contributed by atoms with Crippen LogP contribution >= 0.6 is 31.9 Å². The van der Waals surface area contributed by atoms with Gasteiger partial charge in [-0.05, 0) is 58.4 Å². The van der Waals surface area contributed by atoms with Crippen molar-refractivity contribution in [3.63, 3.8) is 0 Å². The summed E-state index contributed by atoms with van der Waals surface area (Å²) >= 11 is 6.73. The standard InChI is InChI=1S/C17H13Br2FN4O/c1-24-16(15(19)9-21-24)10-6-12(20)8-14(7-10)23-17(25)22-13-4-2-11(18)3-5-13/h2-9H,1H3,(H2,22,23,25). The van der Waals surface area contributed by atoms with E-state index in [-0.39, 0.29) is 0 Å². The highest BCUT2D eigenvalue weighted by molar-refractivity contribution is 9.10. The Morgan fingerprint density at radius 1 is 1.08 bits per heavy atom. The molecular formula is C17H13Br2FN4O. The average Bonchev–Trinajstić information content (AvgIpc) is 2.88. The maximum Gasteiger partial charge on any atom is 0.323 e. The molecule has 1 aromatic heterocycles. The number of halogens is 3. The smallest absolute Gasteiger partial charge is 0.308 e. The summed E-state index contributed by atoms with van der Waals surface area (Å²) in [4.78, 5) is 12.1. The maximum absolute atomic E-state index is 14.0. The summed E-state index contributed by atoms with van der Waals surface area (Å²) in [6.07, 6.45) is 1.63. The molecule has 25 heavy (non-hydrogen) atoms. The highest BCUT2D eigenvalue weighted by atomic mass is 79.9. The van der Waals surface area contributed by atoms with Gasteiger partial charge >= 0.3 is 6.03 Å². The van der Waals surface area contributed by atoms with Crippen molar-refractivity contribution < 1.29 is 9.18 Å². The number of hydrogen-bond acceptors (Lipinski definition) is 2. The highest BCUT2D eigenvalue weighted by Gasteiger charge is 2.12. The third-order valence-electron chi connectivity index (χ3n) is 3.43. The first-order chi connectivity index (χ1) is 11.9. The third-order valence-corrected chi connectivity index (χ3v) is 4.53. The quantitative estimate of drug-likeness (QED) is 0.542. The van der Waals surface area contributed by atoms with E-state index < -0.39 is 11.8 Å². The van der Waals surface area contributed by atoms with Crippen molar-refractivity contribution in [1.29, 1.82) is 0 Å². The van der Waals surface area contributed by atoms with E-state index in [1.165, 1.54) is 12.1 Å². The largest absolute Gasteiger partial charge is 0.323 e. The van der Waals surface area contributed by atoms with Crippen molar-refractivity contribution in [2.75, 3.05) is 10.6 Å². The Kier molecular flexibility index (Phi) is 5.19. The number of nitrogens with zero attached hydrogens (tertiary/aromatic N) is 2. The monoisotopic (exact) mass is 466 g/mol. The lowest BCUT2D eigenvalue weighted by atomic mass is 10.1. The van der Waals surface area contributed by atoms with Crippen molar-refractivity contribution in [2.45, 2.75) is 0 Å². The summed E-state index contributed by atoms with van der Waals surface area (Å²) in [6.45, 7) is 0. The molecule has 0 saturated carbocycles. The molecule has 0 radical (unpaired) electrons. The van der Waals surface area contributed by atoms with Crippen LogP contribution in [0.25, 0.3) is 11.3 Å². The predicted octanol–water partition coefficient (Wildman–Crippen LogP) is 5.40. The second-order valence-electron chi connectivity index (χ2n) is 5.28. The van der Waals surface area contributed by atoms with Crippen molar-refractivity contribution in [2.24, 2.45) is 7.05 Å². The molecule has 5 nitrogen and oxygen atoms in total. The van der Waals surface area contributed by atoms with Crippen LogP contribution in [0.15, 0.2) is 57.6 Å². The SMILES string of the molecule is Cn1ncc(Br)c1-c1cc(F)cc(NC(=O)Nc2ccc(Br)cc2)c1. The normalized spacial score (nSPS) is 10.6. The minimum Gasteiger partial charge on any atom is -0.308 e. The summed E-state index contributed by atoms with van der Waals surface area (Å²) in [6, 6.07) is 11.0. The minimum absolute atomic E-state index is 0.345. The molecule has 1 heterocycles. The summed E-state index contributed by atoms with van der Waals surface area (Å²) < 4.78 is 17.3. The number of aromatic nitrogens is 2. The molecule has 128 valence electrons. The van der Waals surface area contributed by atoms with Gasteiger partial charge in [0.1, 0.15) is 5.82 Å². The van der Waals surface area contributed by atoms with Crippen LogP contribution in [0.2, 0.25) is 0 Å². The van der Waals surface area contributed by atoms with E-state index in [2.05, 4.69) is 47.6 Å². The number of carbonyl (C=O) groups excluding carboxylic acids is 1. The van der Waals surface area contributed by atoms with Crippen LogP contribution in [-0.4, -0.2) is 15.8 Å². The fourth-order valence-electron chi connectivity index (χ4n) is 2.36. The molecule has 0 aliphatic carbocycles. The van der Waals surface area contributed by atoms with E-state index in [9.17, 15) is 9.18 Å². The number of anilines is 2. The first-order valence-electron chi connectivity index (χ1n) is 7.24. The van der Waals surface area contributed by atoms with Crippen LogP contribution < -0.4 is 10.6 Å². The molecule has 3 aromatic rings. The van der Waals surface area contributed by atoms with Gasteiger partial charge in [0.15, 0.2) is 0 Å². The molecule has 0 spiro atoms. The van der Waals surface area contributed by atoms with E-state index in [0.717, 1.165) is 14.6 Å². The fourth-order valence-corrected chi connectivity index (χ4v) is 3.20. The van der Waals surface area contributed by atoms with Crippen molar-refractivity contribution in [1.82, 2.24) is 9.78 Å². The lowest BCUT2D eigenvalue weighted by Gasteiger charge is -2.10. The summed E-state index contributed by atoms with van der Waals surface area (Å²) in [5, 5.41) is 9.45. The molecule has 3 rings (SSSR count). The van der Waals surface area contributed by atoms with Crippen LogP contribution in [0.3, 0.4) is 0 Å². The van der Waals surface area contributed by atoms with Crippen LogP contribution in [0.1, 0.15) is 0 Å². The van der Waals surface area contributed by atoms with Crippen LogP contribution in [0.4, 0.5) is 20.6 Å². The van der Waals surface area contributed by atoms with Gasteiger partial charge in [-0.25, -0.2) is 9.18 Å². The molecule has 8 heteroatoms. The van der Waals surface area contributed by atoms with E-state index in [1.54, 1.807) is 36.1 Å². The molecule has 2 aromatic carbocycles. The van der Waals surface area contributed by atoms with Gasteiger partial charge in [-0.15, -0.1) is 0 Å². The van der Waals surface area contributed by atoms with Gasteiger partial charge in [-0.2, -0.15) is 5.10 Å². The summed E-state index contributed by atoms with van der Waals surface area (Å²) in [5.41, 5.74) is 2.30. The number of aryl methyl sites for hydroxylation is 1. The number of nitrogens with one attached hydrogen (secondary N) is 2. The summed E-state index contributed by atoms with van der Waals surface area (Å²) in [7, 11) is 1.76. The topological polar surface area (TPSA) is 59.0 Å². The van der Waals surface area contributed by atoms with Gasteiger partial charge in [0.25, 0.3) is 0 Å². The number of carbonyl (C=O) groups is 1. The summed E-state index contributed by atoms with van der Waals surface area (Å²) in [5.74, 6) is -0.454. The van der Waals surface area contributed by atoms with Gasteiger partial charge in [0.2, 0.25) is 0 Å². The Labute approximate surface area is 160 Å². The zero-order chi connectivity index (χ0) is 18.0. The lowest BCUT2D eigenvalue weighted by molar-refractivity contribution is 0.262. The maximum atomic E-state index is 14.0. The molecule has 0 aliphatic heterocycles. The van der Waals surface area contributed by atoms with E-state index in [4.69, 9.17) is 0 Å². The number of rotatable bonds is 3. The van der Waals surface area contributed by atoms with Gasteiger partial charge in [-0.1, -0.05) is 15.9 Å². The molecular weight excluding hydrogens is 455 g/mol. The Hall–Kier alpha value is -2.19. The minimum atomic E-state index is -0.456. The Morgan fingerprint density at radius 2 is 1.76 bits per heavy atom. The first-order valence-corrected chi connectivity index (χ1v) is 8.83. The molecule has 0 atom stereocenters. The van der Waals surface area contributed by atoms with Crippen molar-refractivity contribution >= 4 is 49.3 Å². The Balaban J connectivity index is 1.81. The van der Waals surface area contributed by atoms with Crippen LogP contribution in [0, 0.1) is 5.82 Å². The molecule has 0 saturated heterocycles. The number of amides is 2. The van der Waals surface area contributed by atoms with Gasteiger partial charge < -0.3 is 10.6 Å². The number of urea groups is 1. The Bertz CT molecular complexity index is 905. The highest BCUT2D eigenvalue weighted by Crippen LogP contribution is 2.30. The van der Waals surface area contributed by atoms with Gasteiger partial charge in [0.05, 0.1) is 16.4 Å². The molecule has 2 amide bonds. The van der Waals surface area contributed by atoms with E-state index >= 15 is 0 Å². The second kappa shape index (κ2) is 7.37. The second-order valence-corrected chi connectivity index (χ2v) is 7.05. The number of hydrogen-bond donors (Lipinski definition) is 2. The van der Waals surface area contributed by atoms with E-state index in [1.807, 2.05) is 12.1 Å². The zero-order valence-corrected chi connectivity index (χ0v) is 16.2. The molecule has 0 aliphatic rings. The van der Waals surface area contributed by atoms with Crippen LogP contribution in [0.5, 0.6) is 0 Å². The van der Waals surface area contributed by atoms with Crippen LogP contribution in [-0.2, 0) is 7.05 Å². The molecule has 0 unspecified atom stereocenters. The zero-order valence-electron chi connectivity index (χ0n) is 13.1. The molecule has 2 N–H and O–H groups in total. The fraction of sp³-hybridized carbons (Fsp3) is 0.0588. The molecule has 0 bridgehead atoms. The van der Waals surface area contributed by atoms with Crippen molar-refractivity contribution in [3.05, 3.63) is 63.4 Å². The third kappa shape index (κ3) is 4.26. The van der Waals surface area contributed by atoms with Crippen molar-refractivity contribution in [3.8, 4) is 11.3 Å². The van der Waals surface area contributed by atoms with Gasteiger partial charge in [-0.3, -0.25) is 4.68 Å². The Morgan fingerprint density at radius 3 is 2.40 bits per heavy atom.